The molecule has 2 aromatic carbocycles. The molecule has 1 aromatic heterocycles. The lowest BCUT2D eigenvalue weighted by atomic mass is 9.99. The minimum Gasteiger partial charge on any atom is -0.493 e. The molecule has 1 heterocycles. The molecule has 1 atom stereocenters. The number of pyridine rings is 1. The molecule has 0 aliphatic rings. The van der Waals surface area contributed by atoms with Crippen molar-refractivity contribution in [1.29, 1.82) is 5.26 Å². The van der Waals surface area contributed by atoms with Crippen molar-refractivity contribution in [1.82, 2.24) is 9.29 Å². The molecule has 0 amide bonds. The standard InChI is InChI=1S/C26H28F3N5O4S/c1-5-34-24(35)21(13-30)22(26(27,28)29)23(25(34)36)33-32-19-8-6-18-12-20(9-7-17(18)11-19)39(37,38)31-14-16(4)10-15(2)3/h6-9,11-12,15-16,31,35H,5,10,14H2,1-4H3. The Balaban J connectivity index is 1.97. The number of nitrogens with one attached hydrogen (secondary N) is 1. The Morgan fingerprint density at radius 2 is 1.74 bits per heavy atom. The predicted molar refractivity (Wildman–Crippen MR) is 140 cm³/mol. The zero-order valence-corrected chi connectivity index (χ0v) is 22.6. The number of rotatable bonds is 9. The van der Waals surface area contributed by atoms with E-state index in [0.29, 0.717) is 27.8 Å². The van der Waals surface area contributed by atoms with Crippen molar-refractivity contribution >= 4 is 32.2 Å². The third-order valence-corrected chi connectivity index (χ3v) is 7.41. The number of fused-ring (bicyclic) bond motifs is 1. The first-order valence-electron chi connectivity index (χ1n) is 12.1. The Hall–Kier alpha value is -3.76. The van der Waals surface area contributed by atoms with Gasteiger partial charge < -0.3 is 5.11 Å². The van der Waals surface area contributed by atoms with Crippen molar-refractivity contribution in [3.05, 3.63) is 57.9 Å². The van der Waals surface area contributed by atoms with Crippen LogP contribution in [0.3, 0.4) is 0 Å². The van der Waals surface area contributed by atoms with Gasteiger partial charge in [0.15, 0.2) is 5.69 Å². The van der Waals surface area contributed by atoms with E-state index in [1.54, 1.807) is 0 Å². The smallest absolute Gasteiger partial charge is 0.420 e. The summed E-state index contributed by atoms with van der Waals surface area (Å²) in [5.41, 5.74) is -5.10. The Morgan fingerprint density at radius 1 is 1.10 bits per heavy atom. The Kier molecular flexibility index (Phi) is 8.82. The third kappa shape index (κ3) is 6.63. The summed E-state index contributed by atoms with van der Waals surface area (Å²) in [5.74, 6) is -0.506. The maximum absolute atomic E-state index is 13.7. The molecule has 0 aliphatic carbocycles. The SMILES string of the molecule is CCn1c(O)c(C#N)c(C(F)(F)F)c(N=Nc2ccc3cc(S(=O)(=O)NCC(C)CC(C)C)ccc3c2)c1=O. The number of benzene rings is 2. The molecule has 208 valence electrons. The highest BCUT2D eigenvalue weighted by atomic mass is 32.2. The molecular formula is C26H28F3N5O4S. The van der Waals surface area contributed by atoms with Crippen molar-refractivity contribution in [2.24, 2.45) is 22.1 Å². The second-order valence-corrected chi connectivity index (χ2v) is 11.3. The quantitative estimate of drug-likeness (QED) is 0.308. The summed E-state index contributed by atoms with van der Waals surface area (Å²) in [6.45, 7) is 7.60. The monoisotopic (exact) mass is 563 g/mol. The Labute approximate surface area is 223 Å². The summed E-state index contributed by atoms with van der Waals surface area (Å²) in [7, 11) is -3.76. The molecule has 0 saturated carbocycles. The molecule has 3 aromatic rings. The lowest BCUT2D eigenvalue weighted by Gasteiger charge is -2.15. The largest absolute Gasteiger partial charge is 0.493 e. The van der Waals surface area contributed by atoms with Crippen molar-refractivity contribution in [3.63, 3.8) is 0 Å². The molecule has 0 aliphatic heterocycles. The first-order chi connectivity index (χ1) is 18.2. The normalized spacial score (nSPS) is 13.3. The lowest BCUT2D eigenvalue weighted by Crippen LogP contribution is -2.29. The third-order valence-electron chi connectivity index (χ3n) is 5.99. The van der Waals surface area contributed by atoms with E-state index in [2.05, 4.69) is 28.8 Å². The van der Waals surface area contributed by atoms with Gasteiger partial charge in [0.2, 0.25) is 15.9 Å². The lowest BCUT2D eigenvalue weighted by molar-refractivity contribution is -0.137. The molecule has 9 nitrogen and oxygen atoms in total. The Bertz CT molecular complexity index is 1620. The van der Waals surface area contributed by atoms with Gasteiger partial charge in [0.1, 0.15) is 17.2 Å². The van der Waals surface area contributed by atoms with Crippen molar-refractivity contribution in [2.75, 3.05) is 6.54 Å². The second-order valence-electron chi connectivity index (χ2n) is 9.56. The van der Waals surface area contributed by atoms with Gasteiger partial charge in [-0.25, -0.2) is 13.1 Å². The van der Waals surface area contributed by atoms with Crippen LogP contribution in [0.25, 0.3) is 10.8 Å². The highest BCUT2D eigenvalue weighted by molar-refractivity contribution is 7.89. The van der Waals surface area contributed by atoms with Gasteiger partial charge in [-0.2, -0.15) is 23.5 Å². The molecule has 0 spiro atoms. The predicted octanol–water partition coefficient (Wildman–Crippen LogP) is 5.99. The minimum atomic E-state index is -5.16. The van der Waals surface area contributed by atoms with Gasteiger partial charge in [0.05, 0.1) is 10.6 Å². The fourth-order valence-electron chi connectivity index (χ4n) is 4.24. The fraction of sp³-hybridized carbons (Fsp3) is 0.385. The average Bonchev–Trinajstić information content (AvgIpc) is 2.85. The highest BCUT2D eigenvalue weighted by Crippen LogP contribution is 2.40. The van der Waals surface area contributed by atoms with E-state index in [9.17, 15) is 36.8 Å². The highest BCUT2D eigenvalue weighted by Gasteiger charge is 2.41. The van der Waals surface area contributed by atoms with E-state index in [1.165, 1.54) is 49.4 Å². The molecule has 39 heavy (non-hydrogen) atoms. The van der Waals surface area contributed by atoms with Gasteiger partial charge in [-0.15, -0.1) is 5.11 Å². The number of alkyl halides is 3. The summed E-state index contributed by atoms with van der Waals surface area (Å²) in [5, 5.41) is 27.6. The molecule has 0 bridgehead atoms. The van der Waals surface area contributed by atoms with Gasteiger partial charge in [-0.3, -0.25) is 9.36 Å². The van der Waals surface area contributed by atoms with Gasteiger partial charge in [0.25, 0.3) is 5.56 Å². The Morgan fingerprint density at radius 3 is 2.33 bits per heavy atom. The van der Waals surface area contributed by atoms with Crippen molar-refractivity contribution in [2.45, 2.75) is 51.7 Å². The maximum atomic E-state index is 13.7. The summed E-state index contributed by atoms with van der Waals surface area (Å²) in [6, 6.07) is 10.1. The van der Waals surface area contributed by atoms with E-state index >= 15 is 0 Å². The van der Waals surface area contributed by atoms with Crippen LogP contribution in [0.2, 0.25) is 0 Å². The van der Waals surface area contributed by atoms with E-state index in [4.69, 9.17) is 0 Å². The van der Waals surface area contributed by atoms with Crippen molar-refractivity contribution in [3.8, 4) is 11.9 Å². The number of azo groups is 1. The van der Waals surface area contributed by atoms with Gasteiger partial charge in [-0.1, -0.05) is 32.9 Å². The number of hydrogen-bond acceptors (Lipinski definition) is 7. The summed E-state index contributed by atoms with van der Waals surface area (Å²) < 4.78 is 70.0. The van der Waals surface area contributed by atoms with Crippen LogP contribution in [-0.2, 0) is 22.7 Å². The van der Waals surface area contributed by atoms with Crippen LogP contribution >= 0.6 is 0 Å². The molecule has 2 N–H and O–H groups in total. The fourth-order valence-corrected chi connectivity index (χ4v) is 5.44. The van der Waals surface area contributed by atoms with Crippen LogP contribution in [0.15, 0.2) is 56.3 Å². The molecule has 13 heteroatoms. The maximum Gasteiger partial charge on any atom is 0.420 e. The zero-order valence-electron chi connectivity index (χ0n) is 21.7. The van der Waals surface area contributed by atoms with Crippen molar-refractivity contribution < 1.29 is 26.7 Å². The van der Waals surface area contributed by atoms with E-state index in [-0.39, 0.29) is 23.0 Å². The summed E-state index contributed by atoms with van der Waals surface area (Å²) in [4.78, 5) is 12.7. The van der Waals surface area contributed by atoms with E-state index in [1.807, 2.05) is 6.92 Å². The number of nitriles is 1. The van der Waals surface area contributed by atoms with Gasteiger partial charge in [-0.05, 0) is 60.2 Å². The number of aromatic nitrogens is 1. The van der Waals surface area contributed by atoms with Crippen LogP contribution in [0.1, 0.15) is 45.2 Å². The summed E-state index contributed by atoms with van der Waals surface area (Å²) >= 11 is 0. The van der Waals surface area contributed by atoms with Crippen LogP contribution in [-0.4, -0.2) is 24.6 Å². The number of halogens is 3. The van der Waals surface area contributed by atoms with Crippen LogP contribution in [0, 0.1) is 23.2 Å². The summed E-state index contributed by atoms with van der Waals surface area (Å²) in [6.07, 6.45) is -4.29. The first-order valence-corrected chi connectivity index (χ1v) is 13.6. The number of hydrogen-bond donors (Lipinski definition) is 2. The first kappa shape index (κ1) is 29.8. The molecule has 0 fully saturated rings. The minimum absolute atomic E-state index is 0.0594. The second kappa shape index (κ2) is 11.5. The van der Waals surface area contributed by atoms with E-state index < -0.39 is 44.5 Å². The molecule has 0 radical (unpaired) electrons. The number of nitrogens with zero attached hydrogens (tertiary/aromatic N) is 4. The van der Waals surface area contributed by atoms with Gasteiger partial charge >= 0.3 is 6.18 Å². The molecule has 3 rings (SSSR count). The van der Waals surface area contributed by atoms with Crippen LogP contribution in [0.5, 0.6) is 5.88 Å². The van der Waals surface area contributed by atoms with Crippen LogP contribution < -0.4 is 10.3 Å². The number of sulfonamides is 1. The topological polar surface area (TPSA) is 137 Å². The average molecular weight is 564 g/mol. The van der Waals surface area contributed by atoms with Gasteiger partial charge in [0, 0.05) is 13.1 Å². The molecule has 0 saturated heterocycles. The van der Waals surface area contributed by atoms with Crippen LogP contribution in [0.4, 0.5) is 24.5 Å². The number of aromatic hydroxyl groups is 1. The molecule has 1 unspecified atom stereocenters. The zero-order chi connectivity index (χ0) is 29.1. The molecular weight excluding hydrogens is 535 g/mol. The van der Waals surface area contributed by atoms with E-state index in [0.717, 1.165) is 6.42 Å².